The van der Waals surface area contributed by atoms with Crippen molar-refractivity contribution < 1.29 is 8.42 Å². The van der Waals surface area contributed by atoms with E-state index in [2.05, 4.69) is 14.8 Å². The van der Waals surface area contributed by atoms with Gasteiger partial charge in [-0.05, 0) is 35.7 Å². The molecule has 0 saturated carbocycles. The van der Waals surface area contributed by atoms with Gasteiger partial charge in [0, 0.05) is 5.02 Å². The molecule has 2 aromatic carbocycles. The van der Waals surface area contributed by atoms with Gasteiger partial charge in [0.1, 0.15) is 6.33 Å². The molecule has 3 aromatic rings. The maximum absolute atomic E-state index is 12.4. The number of anilines is 1. The third-order valence-corrected chi connectivity index (χ3v) is 5.41. The van der Waals surface area contributed by atoms with Crippen molar-refractivity contribution in [3.8, 4) is 0 Å². The van der Waals surface area contributed by atoms with Crippen LogP contribution in [0.1, 0.15) is 18.1 Å². The van der Waals surface area contributed by atoms with Gasteiger partial charge in [0.2, 0.25) is 0 Å². The van der Waals surface area contributed by atoms with E-state index in [4.69, 9.17) is 11.6 Å². The molecule has 0 fully saturated rings. The Kier molecular flexibility index (Phi) is 5.06. The number of aryl methyl sites for hydroxylation is 1. The average Bonchev–Trinajstić information content (AvgIpc) is 3.03. The van der Waals surface area contributed by atoms with Crippen molar-refractivity contribution in [2.24, 2.45) is 0 Å². The normalized spacial score (nSPS) is 11.4. The van der Waals surface area contributed by atoms with Crippen LogP contribution in [0.25, 0.3) is 0 Å². The van der Waals surface area contributed by atoms with Gasteiger partial charge in [-0.1, -0.05) is 48.9 Å². The maximum atomic E-state index is 12.4. The lowest BCUT2D eigenvalue weighted by Gasteiger charge is -2.06. The lowest BCUT2D eigenvalue weighted by Crippen LogP contribution is -2.14. The molecule has 0 aliphatic rings. The van der Waals surface area contributed by atoms with Crippen LogP contribution in [-0.4, -0.2) is 23.2 Å². The Morgan fingerprint density at radius 1 is 1.12 bits per heavy atom. The van der Waals surface area contributed by atoms with Gasteiger partial charge in [-0.2, -0.15) is 4.98 Å². The Morgan fingerprint density at radius 3 is 2.52 bits per heavy atom. The van der Waals surface area contributed by atoms with Crippen LogP contribution < -0.4 is 4.72 Å². The van der Waals surface area contributed by atoms with Crippen LogP contribution >= 0.6 is 11.6 Å². The van der Waals surface area contributed by atoms with Crippen molar-refractivity contribution in [2.45, 2.75) is 24.8 Å². The maximum Gasteiger partial charge on any atom is 0.264 e. The highest BCUT2D eigenvalue weighted by molar-refractivity contribution is 7.92. The Morgan fingerprint density at radius 2 is 1.84 bits per heavy atom. The second kappa shape index (κ2) is 7.25. The zero-order chi connectivity index (χ0) is 17.9. The van der Waals surface area contributed by atoms with E-state index in [0.717, 1.165) is 17.5 Å². The number of hydrogen-bond acceptors (Lipinski definition) is 4. The summed E-state index contributed by atoms with van der Waals surface area (Å²) in [7, 11) is -3.72. The monoisotopic (exact) mass is 376 g/mol. The summed E-state index contributed by atoms with van der Waals surface area (Å²) in [6.07, 6.45) is 2.31. The summed E-state index contributed by atoms with van der Waals surface area (Å²) in [5.74, 6) is 0.0200. The Bertz CT molecular complexity index is 968. The standard InChI is InChI=1S/C17H17ClN4O2S/c1-2-13-7-9-15(10-8-13)25(23,24)21-17-19-12-22(20-17)11-14-5-3-4-6-16(14)18/h3-10,12H,2,11H2,1H3,(H,20,21). The Balaban J connectivity index is 1.75. The fourth-order valence-electron chi connectivity index (χ4n) is 2.30. The van der Waals surface area contributed by atoms with Crippen LogP contribution in [-0.2, 0) is 23.0 Å². The molecule has 0 amide bonds. The number of nitrogens with one attached hydrogen (secondary N) is 1. The van der Waals surface area contributed by atoms with Crippen LogP contribution in [0.4, 0.5) is 5.95 Å². The summed E-state index contributed by atoms with van der Waals surface area (Å²) in [6, 6.07) is 14.1. The number of aromatic nitrogens is 3. The predicted molar refractivity (Wildman–Crippen MR) is 97.2 cm³/mol. The molecule has 6 nitrogen and oxygen atoms in total. The third kappa shape index (κ3) is 4.18. The molecule has 0 aliphatic carbocycles. The SMILES string of the molecule is CCc1ccc(S(=O)(=O)Nc2ncn(Cc3ccccc3Cl)n2)cc1. The molecule has 3 rings (SSSR count). The van der Waals surface area contributed by atoms with Crippen molar-refractivity contribution in [1.82, 2.24) is 14.8 Å². The summed E-state index contributed by atoms with van der Waals surface area (Å²) in [6.45, 7) is 2.41. The topological polar surface area (TPSA) is 76.9 Å². The van der Waals surface area contributed by atoms with Gasteiger partial charge >= 0.3 is 0 Å². The first-order valence-corrected chi connectivity index (χ1v) is 9.58. The summed E-state index contributed by atoms with van der Waals surface area (Å²) in [5.41, 5.74) is 1.94. The second-order valence-corrected chi connectivity index (χ2v) is 7.55. The minimum atomic E-state index is -3.72. The van der Waals surface area contributed by atoms with Gasteiger partial charge in [-0.25, -0.2) is 17.8 Å². The van der Waals surface area contributed by atoms with Crippen molar-refractivity contribution in [2.75, 3.05) is 4.72 Å². The first-order chi connectivity index (χ1) is 12.0. The molecule has 0 unspecified atom stereocenters. The number of nitrogens with zero attached hydrogens (tertiary/aromatic N) is 3. The zero-order valence-corrected chi connectivity index (χ0v) is 15.1. The van der Waals surface area contributed by atoms with E-state index in [1.54, 1.807) is 30.3 Å². The van der Waals surface area contributed by atoms with Crippen LogP contribution in [0.3, 0.4) is 0 Å². The molecule has 0 bridgehead atoms. The van der Waals surface area contributed by atoms with E-state index in [1.807, 2.05) is 25.1 Å². The molecule has 0 atom stereocenters. The van der Waals surface area contributed by atoms with Crippen molar-refractivity contribution >= 4 is 27.6 Å². The summed E-state index contributed by atoms with van der Waals surface area (Å²) in [4.78, 5) is 4.18. The molecule has 1 N–H and O–H groups in total. The Labute approximate surface area is 151 Å². The molecule has 0 saturated heterocycles. The molecule has 130 valence electrons. The van der Waals surface area contributed by atoms with Crippen molar-refractivity contribution in [1.29, 1.82) is 0 Å². The van der Waals surface area contributed by atoms with E-state index in [-0.39, 0.29) is 10.8 Å². The quantitative estimate of drug-likeness (QED) is 0.715. The lowest BCUT2D eigenvalue weighted by molar-refractivity contribution is 0.600. The van der Waals surface area contributed by atoms with E-state index < -0.39 is 10.0 Å². The number of rotatable bonds is 6. The van der Waals surface area contributed by atoms with Crippen LogP contribution in [0.15, 0.2) is 59.8 Å². The van der Waals surface area contributed by atoms with Gasteiger partial charge in [-0.15, -0.1) is 5.10 Å². The number of halogens is 1. The van der Waals surface area contributed by atoms with Gasteiger partial charge < -0.3 is 0 Å². The molecule has 0 aliphatic heterocycles. The summed E-state index contributed by atoms with van der Waals surface area (Å²) in [5, 5.41) is 4.77. The predicted octanol–water partition coefficient (Wildman–Crippen LogP) is 3.34. The summed E-state index contributed by atoms with van der Waals surface area (Å²) >= 11 is 6.12. The van der Waals surface area contributed by atoms with Crippen molar-refractivity contribution in [3.05, 3.63) is 71.0 Å². The van der Waals surface area contributed by atoms with Gasteiger partial charge in [0.25, 0.3) is 16.0 Å². The number of hydrogen-bond donors (Lipinski definition) is 1. The van der Waals surface area contributed by atoms with Crippen LogP contribution in [0, 0.1) is 0 Å². The number of benzene rings is 2. The van der Waals surface area contributed by atoms with Gasteiger partial charge in [-0.3, -0.25) is 0 Å². The fraction of sp³-hybridized carbons (Fsp3) is 0.176. The Hall–Kier alpha value is -2.38. The molecule has 1 heterocycles. The highest BCUT2D eigenvalue weighted by Gasteiger charge is 2.16. The van der Waals surface area contributed by atoms with E-state index in [9.17, 15) is 8.42 Å². The van der Waals surface area contributed by atoms with Gasteiger partial charge in [0.05, 0.1) is 11.4 Å². The van der Waals surface area contributed by atoms with E-state index in [0.29, 0.717) is 11.6 Å². The molecular formula is C17H17ClN4O2S. The van der Waals surface area contributed by atoms with E-state index in [1.165, 1.54) is 11.0 Å². The molecule has 0 radical (unpaired) electrons. The largest absolute Gasteiger partial charge is 0.264 e. The number of sulfonamides is 1. The first-order valence-electron chi connectivity index (χ1n) is 7.72. The molecule has 1 aromatic heterocycles. The molecule has 8 heteroatoms. The highest BCUT2D eigenvalue weighted by atomic mass is 35.5. The van der Waals surface area contributed by atoms with Gasteiger partial charge in [0.15, 0.2) is 0 Å². The third-order valence-electron chi connectivity index (χ3n) is 3.69. The second-order valence-electron chi connectivity index (χ2n) is 5.46. The average molecular weight is 377 g/mol. The van der Waals surface area contributed by atoms with E-state index >= 15 is 0 Å². The molecule has 25 heavy (non-hydrogen) atoms. The fourth-order valence-corrected chi connectivity index (χ4v) is 3.44. The summed E-state index contributed by atoms with van der Waals surface area (Å²) < 4.78 is 28.7. The van der Waals surface area contributed by atoms with Crippen LogP contribution in [0.5, 0.6) is 0 Å². The molecule has 0 spiro atoms. The molecular weight excluding hydrogens is 360 g/mol. The minimum absolute atomic E-state index is 0.0200. The van der Waals surface area contributed by atoms with Crippen molar-refractivity contribution in [3.63, 3.8) is 0 Å². The lowest BCUT2D eigenvalue weighted by atomic mass is 10.2. The van der Waals surface area contributed by atoms with Crippen LogP contribution in [0.2, 0.25) is 5.02 Å². The highest BCUT2D eigenvalue weighted by Crippen LogP contribution is 2.17. The zero-order valence-electron chi connectivity index (χ0n) is 13.6. The minimum Gasteiger partial charge on any atom is -0.246 e. The smallest absolute Gasteiger partial charge is 0.246 e. The first kappa shape index (κ1) is 17.4.